The molecule has 0 saturated heterocycles. The highest BCUT2D eigenvalue weighted by molar-refractivity contribution is 7.98. The van der Waals surface area contributed by atoms with Gasteiger partial charge in [0.1, 0.15) is 12.3 Å². The molecule has 8 heteroatoms. The summed E-state index contributed by atoms with van der Waals surface area (Å²) in [5.41, 5.74) is 0. The number of nitrogens with zero attached hydrogens (tertiary/aromatic N) is 1. The number of hydrogen-bond donors (Lipinski definition) is 1. The van der Waals surface area contributed by atoms with Crippen molar-refractivity contribution in [3.05, 3.63) is 48.4 Å². The molecule has 1 aromatic carbocycles. The number of rotatable bonds is 8. The molecule has 1 aromatic heterocycles. The predicted molar refractivity (Wildman–Crippen MR) is 111 cm³/mol. The summed E-state index contributed by atoms with van der Waals surface area (Å²) < 4.78 is 31.2. The molecule has 1 fully saturated rings. The number of benzene rings is 1. The molecular weight excluding hydrogens is 408 g/mol. The minimum Gasteiger partial charge on any atom is -0.468 e. The van der Waals surface area contributed by atoms with Gasteiger partial charge in [-0.25, -0.2) is 8.42 Å². The van der Waals surface area contributed by atoms with Gasteiger partial charge in [0.2, 0.25) is 5.91 Å². The second-order valence-electron chi connectivity index (χ2n) is 7.15. The number of furan rings is 1. The van der Waals surface area contributed by atoms with Crippen LogP contribution in [0.25, 0.3) is 0 Å². The van der Waals surface area contributed by atoms with E-state index in [-0.39, 0.29) is 34.9 Å². The van der Waals surface area contributed by atoms with Crippen LogP contribution in [0.1, 0.15) is 31.4 Å². The van der Waals surface area contributed by atoms with Crippen molar-refractivity contribution in [2.45, 2.75) is 41.2 Å². The van der Waals surface area contributed by atoms with Gasteiger partial charge in [-0.05, 0) is 55.2 Å². The molecule has 1 aliphatic carbocycles. The maximum Gasteiger partial charge on any atom is 0.224 e. The zero-order valence-corrected chi connectivity index (χ0v) is 17.7. The second-order valence-corrected chi connectivity index (χ2v) is 10.2. The fourth-order valence-electron chi connectivity index (χ4n) is 3.68. The van der Waals surface area contributed by atoms with Gasteiger partial charge in [0.25, 0.3) is 0 Å². The van der Waals surface area contributed by atoms with E-state index in [4.69, 9.17) is 9.68 Å². The lowest BCUT2D eigenvalue weighted by atomic mass is 9.80. The van der Waals surface area contributed by atoms with E-state index in [1.54, 1.807) is 42.3 Å². The van der Waals surface area contributed by atoms with Crippen molar-refractivity contribution in [1.29, 1.82) is 5.26 Å². The SMILES string of the molecule is N#CCNC(=O)[C@H]1CCCC[C@@H]1CS(=O)(=O)c1ccc(SCc2ccco2)cc1. The summed E-state index contributed by atoms with van der Waals surface area (Å²) >= 11 is 1.58. The summed E-state index contributed by atoms with van der Waals surface area (Å²) in [5, 5.41) is 11.2. The monoisotopic (exact) mass is 432 g/mol. The largest absolute Gasteiger partial charge is 0.468 e. The first kappa shape index (κ1) is 21.5. The second kappa shape index (κ2) is 9.99. The van der Waals surface area contributed by atoms with Crippen LogP contribution < -0.4 is 5.32 Å². The minimum atomic E-state index is -3.49. The van der Waals surface area contributed by atoms with E-state index in [2.05, 4.69) is 5.32 Å². The molecular formula is C21H24N2O4S2. The lowest BCUT2D eigenvalue weighted by Gasteiger charge is -2.30. The zero-order valence-electron chi connectivity index (χ0n) is 16.0. The summed E-state index contributed by atoms with van der Waals surface area (Å²) in [6.07, 6.45) is 4.83. The quantitative estimate of drug-likeness (QED) is 0.503. The van der Waals surface area contributed by atoms with Crippen molar-refractivity contribution < 1.29 is 17.6 Å². The van der Waals surface area contributed by atoms with E-state index in [0.29, 0.717) is 18.6 Å². The third-order valence-corrected chi connectivity index (χ3v) is 8.06. The Morgan fingerprint density at radius 2 is 1.97 bits per heavy atom. The Hall–Kier alpha value is -2.24. The standard InChI is InChI=1S/C21H24N2O4S2/c22-11-12-23-21(24)20-6-2-1-4-16(20)15-29(25,26)19-9-7-18(8-10-19)28-14-17-5-3-13-27-17/h3,5,7-10,13,16,20H,1-2,4,6,12,14-15H2,(H,23,24)/t16-,20+/m1/s1. The van der Waals surface area contributed by atoms with Gasteiger partial charge in [-0.15, -0.1) is 11.8 Å². The van der Waals surface area contributed by atoms with Crippen LogP contribution >= 0.6 is 11.8 Å². The van der Waals surface area contributed by atoms with Crippen molar-refractivity contribution in [2.75, 3.05) is 12.3 Å². The number of carbonyl (C=O) groups is 1. The topological polar surface area (TPSA) is 100 Å². The fourth-order valence-corrected chi connectivity index (χ4v) is 6.19. The number of carbonyl (C=O) groups excluding carboxylic acids is 1. The smallest absolute Gasteiger partial charge is 0.224 e. The van der Waals surface area contributed by atoms with Crippen LogP contribution in [0.15, 0.2) is 56.9 Å². The number of hydrogen-bond acceptors (Lipinski definition) is 6. The number of nitriles is 1. The highest BCUT2D eigenvalue weighted by Gasteiger charge is 2.34. The van der Waals surface area contributed by atoms with Gasteiger partial charge in [0.05, 0.1) is 28.7 Å². The molecule has 0 unspecified atom stereocenters. The number of thioether (sulfide) groups is 1. The van der Waals surface area contributed by atoms with Crippen LogP contribution in [0.3, 0.4) is 0 Å². The van der Waals surface area contributed by atoms with Gasteiger partial charge in [-0.1, -0.05) is 12.8 Å². The molecule has 1 heterocycles. The number of amides is 1. The maximum absolute atomic E-state index is 12.9. The summed E-state index contributed by atoms with van der Waals surface area (Å²) in [6, 6.07) is 12.5. The first-order valence-electron chi connectivity index (χ1n) is 9.62. The van der Waals surface area contributed by atoms with Crippen LogP contribution in [-0.2, 0) is 20.4 Å². The van der Waals surface area contributed by atoms with Crippen molar-refractivity contribution in [2.24, 2.45) is 11.8 Å². The molecule has 0 spiro atoms. The van der Waals surface area contributed by atoms with E-state index in [1.807, 2.05) is 18.2 Å². The molecule has 154 valence electrons. The van der Waals surface area contributed by atoms with Crippen molar-refractivity contribution in [3.8, 4) is 6.07 Å². The third-order valence-electron chi connectivity index (χ3n) is 5.17. The Kier molecular flexibility index (Phi) is 7.40. The van der Waals surface area contributed by atoms with E-state index in [0.717, 1.165) is 23.5 Å². The molecule has 1 amide bonds. The predicted octanol–water partition coefficient (Wildman–Crippen LogP) is 3.79. The highest BCUT2D eigenvalue weighted by Crippen LogP contribution is 2.33. The summed E-state index contributed by atoms with van der Waals surface area (Å²) in [6.45, 7) is -0.0497. The van der Waals surface area contributed by atoms with Gasteiger partial charge in [-0.3, -0.25) is 4.79 Å². The van der Waals surface area contributed by atoms with Gasteiger partial charge >= 0.3 is 0 Å². The minimum absolute atomic E-state index is 0.0451. The lowest BCUT2D eigenvalue weighted by molar-refractivity contribution is -0.127. The summed E-state index contributed by atoms with van der Waals surface area (Å²) in [4.78, 5) is 13.6. The fraction of sp³-hybridized carbons (Fsp3) is 0.429. The van der Waals surface area contributed by atoms with Crippen LogP contribution in [-0.4, -0.2) is 26.6 Å². The average molecular weight is 433 g/mol. The Morgan fingerprint density at radius 3 is 2.66 bits per heavy atom. The molecule has 0 bridgehead atoms. The van der Waals surface area contributed by atoms with Gasteiger partial charge in [-0.2, -0.15) is 5.26 Å². The van der Waals surface area contributed by atoms with Crippen molar-refractivity contribution in [3.63, 3.8) is 0 Å². The third kappa shape index (κ3) is 5.87. The van der Waals surface area contributed by atoms with E-state index < -0.39 is 9.84 Å². The van der Waals surface area contributed by atoms with Crippen LogP contribution in [0.5, 0.6) is 0 Å². The Morgan fingerprint density at radius 1 is 1.21 bits per heavy atom. The number of sulfone groups is 1. The van der Waals surface area contributed by atoms with Crippen molar-refractivity contribution >= 4 is 27.5 Å². The van der Waals surface area contributed by atoms with Gasteiger partial charge in [0.15, 0.2) is 9.84 Å². The molecule has 0 aliphatic heterocycles. The van der Waals surface area contributed by atoms with Gasteiger partial charge < -0.3 is 9.73 Å². The molecule has 1 saturated carbocycles. The Labute approximate surface area is 175 Å². The molecule has 2 atom stereocenters. The molecule has 2 aromatic rings. The molecule has 1 N–H and O–H groups in total. The average Bonchev–Trinajstić information content (AvgIpc) is 3.24. The van der Waals surface area contributed by atoms with Crippen LogP contribution in [0, 0.1) is 23.2 Å². The van der Waals surface area contributed by atoms with E-state index in [9.17, 15) is 13.2 Å². The summed E-state index contributed by atoms with van der Waals surface area (Å²) in [5.74, 6) is 0.716. The normalized spacial score (nSPS) is 19.4. The number of nitrogens with one attached hydrogen (secondary N) is 1. The van der Waals surface area contributed by atoms with Gasteiger partial charge in [0, 0.05) is 10.8 Å². The molecule has 6 nitrogen and oxygen atoms in total. The molecule has 0 radical (unpaired) electrons. The first-order valence-corrected chi connectivity index (χ1v) is 12.3. The molecule has 29 heavy (non-hydrogen) atoms. The lowest BCUT2D eigenvalue weighted by Crippen LogP contribution is -2.39. The molecule has 3 rings (SSSR count). The zero-order chi connectivity index (χ0) is 20.7. The van der Waals surface area contributed by atoms with E-state index in [1.165, 1.54) is 0 Å². The highest BCUT2D eigenvalue weighted by atomic mass is 32.2. The van der Waals surface area contributed by atoms with Crippen LogP contribution in [0.2, 0.25) is 0 Å². The Bertz CT molecular complexity index is 948. The Balaban J connectivity index is 1.64. The van der Waals surface area contributed by atoms with Crippen molar-refractivity contribution in [1.82, 2.24) is 5.32 Å². The summed E-state index contributed by atoms with van der Waals surface area (Å²) in [7, 11) is -3.49. The van der Waals surface area contributed by atoms with Crippen LogP contribution in [0.4, 0.5) is 0 Å². The molecule has 1 aliphatic rings. The first-order chi connectivity index (χ1) is 14.0. The maximum atomic E-state index is 12.9. The van der Waals surface area contributed by atoms with E-state index >= 15 is 0 Å².